The van der Waals surface area contributed by atoms with E-state index in [0.29, 0.717) is 5.82 Å². The molecule has 0 saturated heterocycles. The van der Waals surface area contributed by atoms with Crippen LogP contribution in [0.15, 0.2) is 22.7 Å². The molecular formula is C11H8N4OS2. The van der Waals surface area contributed by atoms with Crippen LogP contribution in [-0.2, 0) is 0 Å². The summed E-state index contributed by atoms with van der Waals surface area (Å²) >= 11 is 2.95. The highest BCUT2D eigenvalue weighted by Gasteiger charge is 1.99. The Hall–Kier alpha value is -1.75. The molecule has 2 rings (SSSR count). The minimum absolute atomic E-state index is 0.0721. The SMILES string of the molecule is N#Cc1ncnc(/C=C/c2ccc(SCO)s2)n1. The van der Waals surface area contributed by atoms with Crippen molar-refractivity contribution in [2.45, 2.75) is 4.21 Å². The van der Waals surface area contributed by atoms with Crippen molar-refractivity contribution in [2.75, 3.05) is 5.94 Å². The van der Waals surface area contributed by atoms with Crippen LogP contribution in [0.2, 0.25) is 0 Å². The van der Waals surface area contributed by atoms with E-state index in [1.165, 1.54) is 18.1 Å². The molecule has 1 N–H and O–H groups in total. The molecule has 0 atom stereocenters. The van der Waals surface area contributed by atoms with E-state index in [0.717, 1.165) is 9.09 Å². The maximum absolute atomic E-state index is 8.79. The van der Waals surface area contributed by atoms with Crippen molar-refractivity contribution < 1.29 is 5.11 Å². The lowest BCUT2D eigenvalue weighted by Gasteiger charge is -1.91. The van der Waals surface area contributed by atoms with Gasteiger partial charge in [0.05, 0.1) is 10.1 Å². The summed E-state index contributed by atoms with van der Waals surface area (Å²) in [5.41, 5.74) is 0. The number of thioether (sulfide) groups is 1. The maximum atomic E-state index is 8.79. The van der Waals surface area contributed by atoms with Gasteiger partial charge in [0, 0.05) is 4.88 Å². The molecule has 2 aromatic heterocycles. The summed E-state index contributed by atoms with van der Waals surface area (Å²) in [5, 5.41) is 17.4. The van der Waals surface area contributed by atoms with Crippen LogP contribution < -0.4 is 0 Å². The molecule has 90 valence electrons. The lowest BCUT2D eigenvalue weighted by molar-refractivity contribution is 0.375. The Balaban J connectivity index is 2.11. The van der Waals surface area contributed by atoms with Crippen LogP contribution in [0.1, 0.15) is 16.5 Å². The number of hydrogen-bond acceptors (Lipinski definition) is 7. The Morgan fingerprint density at radius 1 is 1.39 bits per heavy atom. The van der Waals surface area contributed by atoms with Crippen molar-refractivity contribution in [1.82, 2.24) is 15.0 Å². The lowest BCUT2D eigenvalue weighted by atomic mass is 10.4. The molecule has 0 aliphatic carbocycles. The van der Waals surface area contributed by atoms with E-state index >= 15 is 0 Å². The number of rotatable bonds is 4. The second-order valence-corrected chi connectivity index (χ2v) is 5.40. The monoisotopic (exact) mass is 276 g/mol. The second-order valence-electron chi connectivity index (χ2n) is 3.04. The van der Waals surface area contributed by atoms with E-state index in [1.54, 1.807) is 17.4 Å². The number of aliphatic hydroxyl groups is 1. The molecule has 18 heavy (non-hydrogen) atoms. The quantitative estimate of drug-likeness (QED) is 0.679. The molecule has 0 fully saturated rings. The molecule has 7 heteroatoms. The summed E-state index contributed by atoms with van der Waals surface area (Å²) < 4.78 is 1.05. The Kier molecular flexibility index (Phi) is 4.41. The van der Waals surface area contributed by atoms with Crippen LogP contribution in [0, 0.1) is 11.3 Å². The molecule has 0 amide bonds. The third-order valence-corrected chi connectivity index (χ3v) is 3.89. The molecule has 2 aromatic rings. The van der Waals surface area contributed by atoms with Gasteiger partial charge in [0.15, 0.2) is 5.82 Å². The van der Waals surface area contributed by atoms with Crippen molar-refractivity contribution in [1.29, 1.82) is 5.26 Å². The smallest absolute Gasteiger partial charge is 0.235 e. The van der Waals surface area contributed by atoms with Crippen LogP contribution >= 0.6 is 23.1 Å². The van der Waals surface area contributed by atoms with E-state index in [9.17, 15) is 0 Å². The van der Waals surface area contributed by atoms with Gasteiger partial charge in [0.1, 0.15) is 12.4 Å². The van der Waals surface area contributed by atoms with Gasteiger partial charge in [-0.2, -0.15) is 10.2 Å². The molecule has 5 nitrogen and oxygen atoms in total. The second kappa shape index (κ2) is 6.26. The molecule has 0 aromatic carbocycles. The first-order chi connectivity index (χ1) is 8.81. The number of hydrogen-bond donors (Lipinski definition) is 1. The Morgan fingerprint density at radius 3 is 3.06 bits per heavy atom. The van der Waals surface area contributed by atoms with E-state index in [-0.39, 0.29) is 11.8 Å². The zero-order valence-electron chi connectivity index (χ0n) is 9.15. The Morgan fingerprint density at radius 2 is 2.28 bits per heavy atom. The molecular weight excluding hydrogens is 268 g/mol. The molecule has 2 heterocycles. The largest absolute Gasteiger partial charge is 0.385 e. The van der Waals surface area contributed by atoms with Gasteiger partial charge in [-0.25, -0.2) is 9.97 Å². The fourth-order valence-electron chi connectivity index (χ4n) is 1.16. The van der Waals surface area contributed by atoms with Crippen LogP contribution in [0.25, 0.3) is 12.2 Å². The Bertz CT molecular complexity index is 603. The molecule has 0 saturated carbocycles. The summed E-state index contributed by atoms with van der Waals surface area (Å²) in [6.45, 7) is 0. The van der Waals surface area contributed by atoms with Gasteiger partial charge in [-0.1, -0.05) is 11.8 Å². The Labute approximate surface area is 112 Å². The standard InChI is InChI=1S/C11H8N4OS2/c12-5-10-14-6-13-9(15-10)3-1-8-2-4-11(18-8)17-7-16/h1-4,6,16H,7H2/b3-1+. The third-order valence-electron chi connectivity index (χ3n) is 1.90. The van der Waals surface area contributed by atoms with E-state index in [4.69, 9.17) is 10.4 Å². The van der Waals surface area contributed by atoms with Crippen LogP contribution in [0.3, 0.4) is 0 Å². The summed E-state index contributed by atoms with van der Waals surface area (Å²) in [6, 6.07) is 5.76. The number of nitrogens with zero attached hydrogens (tertiary/aromatic N) is 4. The fourth-order valence-corrected chi connectivity index (χ4v) is 2.78. The summed E-state index contributed by atoms with van der Waals surface area (Å²) in [6.07, 6.45) is 4.90. The molecule has 0 aliphatic heterocycles. The van der Waals surface area contributed by atoms with Crippen LogP contribution in [0.5, 0.6) is 0 Å². The molecule has 0 bridgehead atoms. The van der Waals surface area contributed by atoms with Gasteiger partial charge in [-0.3, -0.25) is 0 Å². The molecule has 0 radical (unpaired) electrons. The molecule has 0 unspecified atom stereocenters. The van der Waals surface area contributed by atoms with Gasteiger partial charge in [0.25, 0.3) is 0 Å². The van der Waals surface area contributed by atoms with Crippen molar-refractivity contribution in [3.8, 4) is 6.07 Å². The maximum Gasteiger partial charge on any atom is 0.235 e. The highest BCUT2D eigenvalue weighted by molar-refractivity contribution is 8.00. The first-order valence-electron chi connectivity index (χ1n) is 4.92. The lowest BCUT2D eigenvalue weighted by Crippen LogP contribution is -1.93. The van der Waals surface area contributed by atoms with Crippen molar-refractivity contribution in [3.63, 3.8) is 0 Å². The highest BCUT2D eigenvalue weighted by Crippen LogP contribution is 2.27. The zero-order chi connectivity index (χ0) is 12.8. The van der Waals surface area contributed by atoms with Crippen LogP contribution in [-0.4, -0.2) is 26.0 Å². The van der Waals surface area contributed by atoms with E-state index in [1.807, 2.05) is 24.3 Å². The van der Waals surface area contributed by atoms with Gasteiger partial charge in [-0.05, 0) is 24.3 Å². The van der Waals surface area contributed by atoms with Crippen molar-refractivity contribution >= 4 is 35.3 Å². The predicted molar refractivity (Wildman–Crippen MR) is 70.7 cm³/mol. The first kappa shape index (κ1) is 12.7. The summed E-state index contributed by atoms with van der Waals surface area (Å²) in [5.74, 6) is 0.626. The number of aliphatic hydroxyl groups excluding tert-OH is 1. The van der Waals surface area contributed by atoms with Gasteiger partial charge in [-0.15, -0.1) is 11.3 Å². The van der Waals surface area contributed by atoms with Crippen LogP contribution in [0.4, 0.5) is 0 Å². The zero-order valence-corrected chi connectivity index (χ0v) is 10.8. The van der Waals surface area contributed by atoms with Gasteiger partial charge < -0.3 is 5.11 Å². The van der Waals surface area contributed by atoms with E-state index in [2.05, 4.69) is 15.0 Å². The molecule has 0 spiro atoms. The summed E-state index contributed by atoms with van der Waals surface area (Å²) in [7, 11) is 0. The average Bonchev–Trinajstić information content (AvgIpc) is 2.85. The normalized spacial score (nSPS) is 10.7. The van der Waals surface area contributed by atoms with Gasteiger partial charge >= 0.3 is 0 Å². The average molecular weight is 276 g/mol. The third kappa shape index (κ3) is 3.37. The first-order valence-corrected chi connectivity index (χ1v) is 6.73. The fraction of sp³-hybridized carbons (Fsp3) is 0.0909. The summed E-state index contributed by atoms with van der Waals surface area (Å²) in [4.78, 5) is 12.6. The van der Waals surface area contributed by atoms with E-state index < -0.39 is 0 Å². The van der Waals surface area contributed by atoms with Crippen molar-refractivity contribution in [3.05, 3.63) is 35.0 Å². The van der Waals surface area contributed by atoms with Crippen molar-refractivity contribution in [2.24, 2.45) is 0 Å². The number of nitriles is 1. The number of thiophene rings is 1. The topological polar surface area (TPSA) is 82.7 Å². The predicted octanol–water partition coefficient (Wildman–Crippen LogP) is 2.02. The minimum Gasteiger partial charge on any atom is -0.385 e. The minimum atomic E-state index is 0.0721. The van der Waals surface area contributed by atoms with Gasteiger partial charge in [0.2, 0.25) is 5.82 Å². The highest BCUT2D eigenvalue weighted by atomic mass is 32.2. The number of aromatic nitrogens is 3. The molecule has 0 aliphatic rings.